The molecule has 3 atom stereocenters. The molecule has 2 aliphatic rings. The van der Waals surface area contributed by atoms with Gasteiger partial charge >= 0.3 is 13.9 Å². The third-order valence-corrected chi connectivity index (χ3v) is 6.02. The van der Waals surface area contributed by atoms with Crippen molar-refractivity contribution >= 4 is 20.4 Å². The van der Waals surface area contributed by atoms with Crippen LogP contribution < -0.4 is 10.2 Å². The molecule has 1 saturated heterocycles. The standard InChI is InChI=1S/C16H15F2N2O6PS/c17-10-1-3-13-9(5-10)7-23-27(22,26-13)24-8-11-2-4-14(25-11)20-6-12(18)15(28)19-16(20)21/h1,3,5-6,11,14,22H,2,4,7-8H2/p+1. The fraction of sp³-hybridized carbons (Fsp3) is 0.375. The van der Waals surface area contributed by atoms with Crippen molar-refractivity contribution in [2.75, 3.05) is 6.61 Å². The molecule has 3 heterocycles. The van der Waals surface area contributed by atoms with Crippen LogP contribution >= 0.6 is 20.4 Å². The molecule has 150 valence electrons. The SMILES string of the molecule is O=c1[nH]c(=S)c(F)cn1C1CCC(CO[P+]2(O)OCc3cc(F)ccc3O2)O1. The van der Waals surface area contributed by atoms with Crippen molar-refractivity contribution in [3.8, 4) is 5.75 Å². The minimum atomic E-state index is -3.63. The Hall–Kier alpha value is -1.75. The lowest BCUT2D eigenvalue weighted by Gasteiger charge is -2.22. The molecule has 8 nitrogen and oxygen atoms in total. The highest BCUT2D eigenvalue weighted by Gasteiger charge is 2.51. The van der Waals surface area contributed by atoms with Gasteiger partial charge in [-0.3, -0.25) is 14.1 Å². The van der Waals surface area contributed by atoms with Gasteiger partial charge in [-0.05, 0) is 31.0 Å². The first-order chi connectivity index (χ1) is 13.3. The normalized spacial score (nSPS) is 26.7. The largest absolute Gasteiger partial charge is 0.619 e. The molecule has 1 fully saturated rings. The Labute approximate surface area is 163 Å². The van der Waals surface area contributed by atoms with E-state index >= 15 is 0 Å². The Morgan fingerprint density at radius 3 is 3.04 bits per heavy atom. The number of fused-ring (bicyclic) bond motifs is 1. The lowest BCUT2D eigenvalue weighted by molar-refractivity contribution is -0.0305. The minimum Gasteiger partial charge on any atom is -0.352 e. The molecular weight excluding hydrogens is 417 g/mol. The summed E-state index contributed by atoms with van der Waals surface area (Å²) < 4.78 is 49.4. The van der Waals surface area contributed by atoms with E-state index in [1.54, 1.807) is 0 Å². The molecule has 0 saturated carbocycles. The number of H-pyrrole nitrogens is 1. The van der Waals surface area contributed by atoms with Crippen LogP contribution in [0.1, 0.15) is 24.6 Å². The number of hydrogen-bond acceptors (Lipinski definition) is 7. The van der Waals surface area contributed by atoms with Crippen LogP contribution in [0.3, 0.4) is 0 Å². The highest BCUT2D eigenvalue weighted by atomic mass is 32.1. The van der Waals surface area contributed by atoms with Crippen LogP contribution in [-0.4, -0.2) is 27.2 Å². The van der Waals surface area contributed by atoms with E-state index in [2.05, 4.69) is 17.2 Å². The van der Waals surface area contributed by atoms with E-state index in [0.29, 0.717) is 18.4 Å². The molecule has 4 rings (SSSR count). The van der Waals surface area contributed by atoms with Crippen molar-refractivity contribution in [3.63, 3.8) is 0 Å². The average molecular weight is 433 g/mol. The van der Waals surface area contributed by atoms with E-state index in [-0.39, 0.29) is 23.6 Å². The predicted octanol–water partition coefficient (Wildman–Crippen LogP) is 3.16. The van der Waals surface area contributed by atoms with Gasteiger partial charge in [0, 0.05) is 5.56 Å². The summed E-state index contributed by atoms with van der Waals surface area (Å²) in [6.45, 7) is -0.110. The minimum absolute atomic E-state index is 0.0521. The first kappa shape index (κ1) is 19.6. The molecule has 0 bridgehead atoms. The number of nitrogens with one attached hydrogen (secondary N) is 1. The predicted molar refractivity (Wildman–Crippen MR) is 95.9 cm³/mol. The zero-order valence-electron chi connectivity index (χ0n) is 14.3. The van der Waals surface area contributed by atoms with E-state index in [0.717, 1.165) is 10.8 Å². The smallest absolute Gasteiger partial charge is 0.352 e. The molecule has 0 radical (unpaired) electrons. The van der Waals surface area contributed by atoms with Crippen LogP contribution in [0.4, 0.5) is 8.78 Å². The lowest BCUT2D eigenvalue weighted by Crippen LogP contribution is -2.28. The number of nitrogens with zero attached hydrogens (tertiary/aromatic N) is 1. The number of aromatic nitrogens is 2. The second kappa shape index (κ2) is 7.58. The van der Waals surface area contributed by atoms with E-state index in [4.69, 9.17) is 18.3 Å². The molecule has 2 N–H and O–H groups in total. The summed E-state index contributed by atoms with van der Waals surface area (Å²) >= 11 is 4.68. The van der Waals surface area contributed by atoms with Gasteiger partial charge in [0.25, 0.3) is 0 Å². The van der Waals surface area contributed by atoms with Crippen LogP contribution in [0.15, 0.2) is 29.2 Å². The third kappa shape index (κ3) is 4.00. The molecule has 0 spiro atoms. The number of halogens is 2. The van der Waals surface area contributed by atoms with Gasteiger partial charge < -0.3 is 4.74 Å². The number of hydrogen-bond donors (Lipinski definition) is 2. The van der Waals surface area contributed by atoms with Crippen LogP contribution in [0, 0.1) is 16.3 Å². The summed E-state index contributed by atoms with van der Waals surface area (Å²) in [5, 5.41) is 0. The van der Waals surface area contributed by atoms with Gasteiger partial charge in [-0.15, -0.1) is 9.05 Å². The van der Waals surface area contributed by atoms with Gasteiger partial charge in [-0.2, -0.15) is 4.89 Å². The maximum atomic E-state index is 13.6. The summed E-state index contributed by atoms with van der Waals surface area (Å²) in [4.78, 5) is 24.6. The molecule has 12 heteroatoms. The molecule has 3 unspecified atom stereocenters. The van der Waals surface area contributed by atoms with Crippen molar-refractivity contribution in [1.29, 1.82) is 0 Å². The van der Waals surface area contributed by atoms with Crippen molar-refractivity contribution in [1.82, 2.24) is 9.55 Å². The Morgan fingerprint density at radius 1 is 1.39 bits per heavy atom. The highest BCUT2D eigenvalue weighted by Crippen LogP contribution is 2.61. The Balaban J connectivity index is 1.38. The topological polar surface area (TPSA) is 94.9 Å². The first-order valence-corrected chi connectivity index (χ1v) is 10.3. The molecule has 2 aliphatic heterocycles. The summed E-state index contributed by atoms with van der Waals surface area (Å²) in [7, 11) is -3.63. The maximum Gasteiger partial charge on any atom is 0.619 e. The zero-order chi connectivity index (χ0) is 19.9. The summed E-state index contributed by atoms with van der Waals surface area (Å²) in [6.07, 6.45) is 0.801. The molecular formula is C16H16F2N2O6PS+. The van der Waals surface area contributed by atoms with Crippen molar-refractivity contribution in [2.24, 2.45) is 0 Å². The Kier molecular flexibility index (Phi) is 5.30. The van der Waals surface area contributed by atoms with Gasteiger partial charge in [-0.25, -0.2) is 13.6 Å². The Bertz CT molecular complexity index is 1020. The molecule has 1 aromatic heterocycles. The van der Waals surface area contributed by atoms with E-state index < -0.39 is 37.8 Å². The number of aromatic amines is 1. The van der Waals surface area contributed by atoms with Crippen molar-refractivity contribution in [2.45, 2.75) is 31.8 Å². The van der Waals surface area contributed by atoms with Crippen LogP contribution in [0.25, 0.3) is 0 Å². The zero-order valence-corrected chi connectivity index (χ0v) is 16.1. The van der Waals surface area contributed by atoms with E-state index in [1.807, 2.05) is 0 Å². The van der Waals surface area contributed by atoms with Crippen molar-refractivity contribution < 1.29 is 32.0 Å². The molecule has 2 aromatic rings. The van der Waals surface area contributed by atoms with Gasteiger partial charge in [0.2, 0.25) is 0 Å². The van der Waals surface area contributed by atoms with E-state index in [9.17, 15) is 18.5 Å². The van der Waals surface area contributed by atoms with Crippen LogP contribution in [-0.2, 0) is 20.4 Å². The quantitative estimate of drug-likeness (QED) is 0.565. The van der Waals surface area contributed by atoms with Crippen molar-refractivity contribution in [3.05, 3.63) is 56.7 Å². The summed E-state index contributed by atoms with van der Waals surface area (Å²) in [6, 6.07) is 3.86. The monoisotopic (exact) mass is 433 g/mol. The summed E-state index contributed by atoms with van der Waals surface area (Å²) in [5.74, 6) is -0.874. The molecule has 28 heavy (non-hydrogen) atoms. The average Bonchev–Trinajstić information content (AvgIpc) is 3.12. The van der Waals surface area contributed by atoms with E-state index in [1.165, 1.54) is 18.2 Å². The first-order valence-electron chi connectivity index (χ1n) is 8.38. The summed E-state index contributed by atoms with van der Waals surface area (Å²) in [5.41, 5.74) is -0.111. The third-order valence-electron chi connectivity index (χ3n) is 4.36. The molecule has 1 aromatic carbocycles. The van der Waals surface area contributed by atoms with Gasteiger partial charge in [0.15, 0.2) is 11.6 Å². The fourth-order valence-corrected chi connectivity index (χ4v) is 4.38. The number of ether oxygens (including phenoxy) is 1. The molecule has 0 aliphatic carbocycles. The van der Waals surface area contributed by atoms with Crippen LogP contribution in [0.5, 0.6) is 5.75 Å². The lowest BCUT2D eigenvalue weighted by atomic mass is 10.2. The highest BCUT2D eigenvalue weighted by molar-refractivity contribution is 7.71. The number of rotatable bonds is 4. The molecule has 0 amide bonds. The van der Waals surface area contributed by atoms with Crippen LogP contribution in [0.2, 0.25) is 0 Å². The van der Waals surface area contributed by atoms with Gasteiger partial charge in [0.05, 0.1) is 12.3 Å². The fourth-order valence-electron chi connectivity index (χ4n) is 2.98. The van der Waals surface area contributed by atoms with Gasteiger partial charge in [0.1, 0.15) is 29.9 Å². The Morgan fingerprint density at radius 2 is 2.21 bits per heavy atom. The second-order valence-electron chi connectivity index (χ2n) is 6.31. The van der Waals surface area contributed by atoms with Gasteiger partial charge in [-0.1, -0.05) is 12.2 Å². The number of benzene rings is 1. The maximum absolute atomic E-state index is 13.6. The second-order valence-corrected chi connectivity index (χ2v) is 8.36.